The average Bonchev–Trinajstić information content (AvgIpc) is 3.24. The van der Waals surface area contributed by atoms with Crippen molar-refractivity contribution in [3.8, 4) is 17.2 Å². The van der Waals surface area contributed by atoms with Crippen molar-refractivity contribution in [2.45, 2.75) is 165 Å². The van der Waals surface area contributed by atoms with E-state index in [0.29, 0.717) is 48.7 Å². The van der Waals surface area contributed by atoms with Crippen molar-refractivity contribution in [3.05, 3.63) is 122 Å². The highest BCUT2D eigenvalue weighted by molar-refractivity contribution is 5.58. The molecule has 342 valence electrons. The molecule has 0 aliphatic heterocycles. The van der Waals surface area contributed by atoms with Crippen molar-refractivity contribution in [1.82, 2.24) is 0 Å². The van der Waals surface area contributed by atoms with Gasteiger partial charge in [0.2, 0.25) is 0 Å². The highest BCUT2D eigenvalue weighted by atomic mass is 16.5. The topological polar surface area (TPSA) is 116 Å². The summed E-state index contributed by atoms with van der Waals surface area (Å²) >= 11 is 0. The number of benzene rings is 4. The fraction of sp³-hybridized carbons (Fsp3) is 0.547. The molecule has 62 heavy (non-hydrogen) atoms. The van der Waals surface area contributed by atoms with Gasteiger partial charge in [0.05, 0.1) is 51.8 Å². The molecule has 4 aromatic carbocycles. The first kappa shape index (κ1) is 50.7. The number of rotatable bonds is 27. The SMILES string of the molecule is CCCOCc1cc(C(C)(c2ccc(C(C)(C)c3cc(COC(C)C)c(O)c(COC(C)C)c3)cc2)c2cc(COCCC)c(O)c(COCCC)c2)cc(COCCC)c1O. The van der Waals surface area contributed by atoms with E-state index in [2.05, 4.69) is 109 Å². The van der Waals surface area contributed by atoms with Gasteiger partial charge in [0, 0.05) is 70.6 Å². The number of phenols is 3. The van der Waals surface area contributed by atoms with Gasteiger partial charge in [0.1, 0.15) is 17.2 Å². The third-order valence-corrected chi connectivity index (χ3v) is 11.4. The molecular formula is C53H76O9. The lowest BCUT2D eigenvalue weighted by atomic mass is 9.68. The van der Waals surface area contributed by atoms with Crippen molar-refractivity contribution < 1.29 is 43.7 Å². The number of hydrogen-bond acceptors (Lipinski definition) is 9. The zero-order valence-corrected chi connectivity index (χ0v) is 39.6. The van der Waals surface area contributed by atoms with Crippen molar-refractivity contribution in [3.63, 3.8) is 0 Å². The highest BCUT2D eigenvalue weighted by Crippen LogP contribution is 2.45. The van der Waals surface area contributed by atoms with Gasteiger partial charge in [-0.25, -0.2) is 0 Å². The van der Waals surface area contributed by atoms with Crippen LogP contribution in [-0.4, -0.2) is 54.0 Å². The first-order chi connectivity index (χ1) is 29.6. The van der Waals surface area contributed by atoms with Gasteiger partial charge in [-0.05, 0) is 125 Å². The summed E-state index contributed by atoms with van der Waals surface area (Å²) < 4.78 is 36.2. The van der Waals surface area contributed by atoms with Crippen molar-refractivity contribution in [2.24, 2.45) is 0 Å². The van der Waals surface area contributed by atoms with E-state index in [-0.39, 0.29) is 69.1 Å². The Morgan fingerprint density at radius 2 is 0.677 bits per heavy atom. The van der Waals surface area contributed by atoms with Crippen LogP contribution in [0.3, 0.4) is 0 Å². The van der Waals surface area contributed by atoms with Crippen LogP contribution < -0.4 is 0 Å². The fourth-order valence-electron chi connectivity index (χ4n) is 7.58. The van der Waals surface area contributed by atoms with Crippen LogP contribution in [0.2, 0.25) is 0 Å². The zero-order valence-electron chi connectivity index (χ0n) is 39.6. The Labute approximate surface area is 372 Å². The maximum Gasteiger partial charge on any atom is 0.126 e. The molecule has 0 unspecified atom stereocenters. The lowest BCUT2D eigenvalue weighted by Crippen LogP contribution is -2.27. The van der Waals surface area contributed by atoms with E-state index >= 15 is 0 Å². The minimum Gasteiger partial charge on any atom is -0.507 e. The molecule has 4 aromatic rings. The Hall–Kier alpha value is -3.96. The molecule has 0 aliphatic carbocycles. The van der Waals surface area contributed by atoms with E-state index in [1.165, 1.54) is 0 Å². The predicted molar refractivity (Wildman–Crippen MR) is 248 cm³/mol. The van der Waals surface area contributed by atoms with Gasteiger partial charge in [0.25, 0.3) is 0 Å². The van der Waals surface area contributed by atoms with Crippen LogP contribution in [0.1, 0.15) is 163 Å². The smallest absolute Gasteiger partial charge is 0.126 e. The summed E-state index contributed by atoms with van der Waals surface area (Å²) in [6, 6.07) is 21.1. The third-order valence-electron chi connectivity index (χ3n) is 11.4. The van der Waals surface area contributed by atoms with Crippen LogP contribution in [0.5, 0.6) is 17.2 Å². The van der Waals surface area contributed by atoms with E-state index in [1.54, 1.807) is 0 Å². The van der Waals surface area contributed by atoms with Crippen LogP contribution in [0.25, 0.3) is 0 Å². The summed E-state index contributed by atoms with van der Waals surface area (Å²) in [6.45, 7) is 26.7. The maximum atomic E-state index is 11.6. The Morgan fingerprint density at radius 3 is 0.968 bits per heavy atom. The summed E-state index contributed by atoms with van der Waals surface area (Å²) in [4.78, 5) is 0. The molecule has 0 fully saturated rings. The monoisotopic (exact) mass is 857 g/mol. The van der Waals surface area contributed by atoms with E-state index in [9.17, 15) is 15.3 Å². The van der Waals surface area contributed by atoms with E-state index in [4.69, 9.17) is 28.4 Å². The number of aromatic hydroxyl groups is 3. The van der Waals surface area contributed by atoms with Gasteiger partial charge < -0.3 is 43.7 Å². The molecular weight excluding hydrogens is 781 g/mol. The molecule has 4 rings (SSSR count). The van der Waals surface area contributed by atoms with E-state index in [0.717, 1.165) is 64.6 Å². The third kappa shape index (κ3) is 13.1. The Morgan fingerprint density at radius 1 is 0.403 bits per heavy atom. The number of ether oxygens (including phenoxy) is 6. The van der Waals surface area contributed by atoms with Crippen molar-refractivity contribution >= 4 is 0 Å². The van der Waals surface area contributed by atoms with E-state index < -0.39 is 10.8 Å². The summed E-state index contributed by atoms with van der Waals surface area (Å²) in [5.74, 6) is 0.565. The van der Waals surface area contributed by atoms with Gasteiger partial charge in [-0.2, -0.15) is 0 Å². The molecule has 9 nitrogen and oxygen atoms in total. The second kappa shape index (κ2) is 24.2. The molecule has 0 atom stereocenters. The average molecular weight is 857 g/mol. The number of phenolic OH excluding ortho intramolecular Hbond substituents is 3. The van der Waals surface area contributed by atoms with Gasteiger partial charge >= 0.3 is 0 Å². The lowest BCUT2D eigenvalue weighted by Gasteiger charge is -2.35. The molecule has 3 N–H and O–H groups in total. The second-order valence-electron chi connectivity index (χ2n) is 17.7. The van der Waals surface area contributed by atoms with Crippen molar-refractivity contribution in [2.75, 3.05) is 26.4 Å². The molecule has 0 bridgehead atoms. The second-order valence-corrected chi connectivity index (χ2v) is 17.7. The predicted octanol–water partition coefficient (Wildman–Crippen LogP) is 12.0. The fourth-order valence-corrected chi connectivity index (χ4v) is 7.58. The van der Waals surface area contributed by atoms with Gasteiger partial charge in [-0.1, -0.05) is 65.8 Å². The summed E-state index contributed by atoms with van der Waals surface area (Å²) in [5.41, 5.74) is 7.96. The lowest BCUT2D eigenvalue weighted by molar-refractivity contribution is 0.0600. The molecule has 0 aliphatic rings. The molecule has 0 saturated carbocycles. The minimum absolute atomic E-state index is 0.00484. The standard InChI is InChI=1S/C53H76O9/c1-12-20-57-30-38-26-47(27-39(49(38)54)31-58-21-13-2)53(11,48-28-40(32-59-22-14-3)50(55)41(29-48)33-60-23-15-4)45-18-16-44(17-19-45)52(9,10)46-24-42(34-61-36(5)6)51(56)43(25-46)35-62-37(7)8/h16-19,24-29,36-37,54-56H,12-15,20-23,30-35H2,1-11H3. The minimum atomic E-state index is -0.802. The largest absolute Gasteiger partial charge is 0.507 e. The van der Waals surface area contributed by atoms with Crippen LogP contribution in [0.15, 0.2) is 60.7 Å². The summed E-state index contributed by atoms with van der Waals surface area (Å²) in [7, 11) is 0. The normalized spacial score (nSPS) is 12.3. The zero-order chi connectivity index (χ0) is 45.5. The van der Waals surface area contributed by atoms with Crippen LogP contribution in [0, 0.1) is 0 Å². The molecule has 0 spiro atoms. The Bertz CT molecular complexity index is 1810. The van der Waals surface area contributed by atoms with Gasteiger partial charge in [-0.3, -0.25) is 0 Å². The van der Waals surface area contributed by atoms with Crippen LogP contribution in [0.4, 0.5) is 0 Å². The van der Waals surface area contributed by atoms with E-state index in [1.807, 2.05) is 27.7 Å². The molecule has 0 heterocycles. The summed E-state index contributed by atoms with van der Waals surface area (Å²) in [5, 5.41) is 34.6. The van der Waals surface area contributed by atoms with Gasteiger partial charge in [0.15, 0.2) is 0 Å². The highest BCUT2D eigenvalue weighted by Gasteiger charge is 2.35. The first-order valence-corrected chi connectivity index (χ1v) is 22.8. The quantitative estimate of drug-likeness (QED) is 0.0398. The maximum absolute atomic E-state index is 11.6. The molecule has 0 radical (unpaired) electrons. The van der Waals surface area contributed by atoms with Crippen LogP contribution in [-0.2, 0) is 78.9 Å². The number of hydrogen-bond donors (Lipinski definition) is 3. The van der Waals surface area contributed by atoms with Gasteiger partial charge in [-0.15, -0.1) is 0 Å². The Kier molecular flexibility index (Phi) is 19.8. The Balaban J connectivity index is 1.98. The van der Waals surface area contributed by atoms with Crippen LogP contribution >= 0.6 is 0 Å². The van der Waals surface area contributed by atoms with Crippen molar-refractivity contribution in [1.29, 1.82) is 0 Å². The molecule has 9 heteroatoms. The molecule has 0 aromatic heterocycles. The molecule has 0 saturated heterocycles. The molecule has 0 amide bonds. The summed E-state index contributed by atoms with van der Waals surface area (Å²) in [6.07, 6.45) is 3.44. The first-order valence-electron chi connectivity index (χ1n) is 22.8.